The number of hydrogen-bond donors (Lipinski definition) is 4. The molecule has 4 rings (SSSR count). The van der Waals surface area contributed by atoms with Gasteiger partial charge >= 0.3 is 0 Å². The molecule has 0 radical (unpaired) electrons. The highest BCUT2D eigenvalue weighted by molar-refractivity contribution is 6.50. The number of nitrogens with one attached hydrogen (secondary N) is 1. The number of aliphatic hydroxyl groups excluding tert-OH is 3. The highest BCUT2D eigenvalue weighted by atomic mass is 16.6. The highest BCUT2D eigenvalue weighted by Crippen LogP contribution is 2.37. The van der Waals surface area contributed by atoms with E-state index in [4.69, 9.17) is 4.74 Å². The summed E-state index contributed by atoms with van der Waals surface area (Å²) in [4.78, 5) is 24.3. The van der Waals surface area contributed by atoms with Gasteiger partial charge in [0.15, 0.2) is 6.23 Å². The van der Waals surface area contributed by atoms with E-state index >= 15 is 0 Å². The summed E-state index contributed by atoms with van der Waals surface area (Å²) in [6, 6.07) is 0. The molecule has 3 heterocycles. The second kappa shape index (κ2) is 5.00. The molecule has 1 saturated heterocycles. The zero-order chi connectivity index (χ0) is 16.3. The maximum Gasteiger partial charge on any atom is 0.250 e. The summed E-state index contributed by atoms with van der Waals surface area (Å²) >= 11 is 0. The molecule has 2 aliphatic heterocycles. The number of aliphatic hydroxyl groups is 3. The van der Waals surface area contributed by atoms with Gasteiger partial charge in [0.2, 0.25) is 11.6 Å². The van der Waals surface area contributed by atoms with E-state index in [-0.39, 0.29) is 5.69 Å². The molecule has 4 unspecified atom stereocenters. The van der Waals surface area contributed by atoms with Crippen LogP contribution < -0.4 is 5.32 Å². The van der Waals surface area contributed by atoms with Crippen LogP contribution in [0.3, 0.4) is 0 Å². The quantitative estimate of drug-likeness (QED) is 0.482. The number of nitrogens with zero attached hydrogens (tertiary/aromatic N) is 1. The Balaban J connectivity index is 1.85. The first kappa shape index (κ1) is 14.6. The maximum absolute atomic E-state index is 12.3. The molecule has 4 atom stereocenters. The molecular weight excluding hydrogens is 304 g/mol. The number of Topliss-reactive ketones (excluding diaryl/α,β-unsaturated/α-hetero) is 1. The van der Waals surface area contributed by atoms with Gasteiger partial charge in [-0.3, -0.25) is 9.59 Å². The smallest absolute Gasteiger partial charge is 0.250 e. The van der Waals surface area contributed by atoms with Crippen LogP contribution in [-0.4, -0.2) is 62.9 Å². The molecule has 0 amide bonds. The summed E-state index contributed by atoms with van der Waals surface area (Å²) in [6.45, 7) is 0.185. The van der Waals surface area contributed by atoms with Gasteiger partial charge in [-0.2, -0.15) is 0 Å². The topological polar surface area (TPSA) is 121 Å². The normalized spacial score (nSPS) is 32.6. The van der Waals surface area contributed by atoms with E-state index in [0.29, 0.717) is 24.2 Å². The largest absolute Gasteiger partial charge is 0.394 e. The van der Waals surface area contributed by atoms with E-state index in [0.717, 1.165) is 5.56 Å². The molecule has 8 nitrogen and oxygen atoms in total. The lowest BCUT2D eigenvalue weighted by Gasteiger charge is -2.23. The molecule has 122 valence electrons. The van der Waals surface area contributed by atoms with Crippen molar-refractivity contribution in [2.24, 2.45) is 0 Å². The maximum atomic E-state index is 12.3. The number of hydrogen-bond acceptors (Lipinski definition) is 7. The van der Waals surface area contributed by atoms with Gasteiger partial charge in [0, 0.05) is 30.1 Å². The van der Waals surface area contributed by atoms with Crippen molar-refractivity contribution in [2.75, 3.05) is 13.2 Å². The average Bonchev–Trinajstić information content (AvgIpc) is 3.05. The van der Waals surface area contributed by atoms with Crippen LogP contribution in [0.2, 0.25) is 0 Å². The monoisotopic (exact) mass is 320 g/mol. The van der Waals surface area contributed by atoms with Crippen molar-refractivity contribution >= 4 is 17.3 Å². The highest BCUT2D eigenvalue weighted by Gasteiger charge is 2.46. The average molecular weight is 320 g/mol. The minimum Gasteiger partial charge on any atom is -0.394 e. The van der Waals surface area contributed by atoms with Crippen LogP contribution in [0.5, 0.6) is 0 Å². The van der Waals surface area contributed by atoms with Gasteiger partial charge < -0.3 is 29.9 Å². The first-order chi connectivity index (χ1) is 11.0. The fraction of sp³-hybridized carbons (Fsp3) is 0.467. The molecule has 8 heteroatoms. The van der Waals surface area contributed by atoms with E-state index in [2.05, 4.69) is 5.32 Å². The van der Waals surface area contributed by atoms with Crippen molar-refractivity contribution in [3.63, 3.8) is 0 Å². The fourth-order valence-electron chi connectivity index (χ4n) is 3.47. The molecule has 3 aliphatic rings. The molecule has 1 aromatic rings. The van der Waals surface area contributed by atoms with Crippen LogP contribution in [0.1, 0.15) is 27.8 Å². The molecule has 1 fully saturated rings. The fourth-order valence-corrected chi connectivity index (χ4v) is 3.47. The summed E-state index contributed by atoms with van der Waals surface area (Å²) in [5.41, 5.74) is 2.28. The van der Waals surface area contributed by atoms with Crippen LogP contribution in [0.4, 0.5) is 0 Å². The molecule has 0 bridgehead atoms. The van der Waals surface area contributed by atoms with E-state index in [1.165, 1.54) is 10.6 Å². The second-order valence-electron chi connectivity index (χ2n) is 5.94. The Labute approximate surface area is 131 Å². The van der Waals surface area contributed by atoms with Gasteiger partial charge in [0.1, 0.15) is 24.0 Å². The predicted molar refractivity (Wildman–Crippen MR) is 76.5 cm³/mol. The summed E-state index contributed by atoms with van der Waals surface area (Å²) in [6.07, 6.45) is -0.904. The molecule has 4 N–H and O–H groups in total. The molecule has 0 aromatic carbocycles. The second-order valence-corrected chi connectivity index (χ2v) is 5.94. The first-order valence-electron chi connectivity index (χ1n) is 7.43. The number of rotatable bonds is 2. The van der Waals surface area contributed by atoms with Crippen molar-refractivity contribution in [3.05, 3.63) is 29.1 Å². The summed E-state index contributed by atoms with van der Waals surface area (Å²) in [7, 11) is 0. The van der Waals surface area contributed by atoms with Gasteiger partial charge in [-0.05, 0) is 12.0 Å². The van der Waals surface area contributed by atoms with Crippen LogP contribution in [0, 0.1) is 0 Å². The molecule has 1 aliphatic carbocycles. The van der Waals surface area contributed by atoms with E-state index < -0.39 is 42.7 Å². The Morgan fingerprint density at radius 3 is 2.78 bits per heavy atom. The van der Waals surface area contributed by atoms with Crippen LogP contribution in [-0.2, 0) is 16.0 Å². The van der Waals surface area contributed by atoms with Crippen molar-refractivity contribution in [1.82, 2.24) is 9.88 Å². The Morgan fingerprint density at radius 1 is 1.30 bits per heavy atom. The van der Waals surface area contributed by atoms with E-state index in [9.17, 15) is 24.9 Å². The van der Waals surface area contributed by atoms with Gasteiger partial charge in [-0.15, -0.1) is 0 Å². The predicted octanol–water partition coefficient (Wildman–Crippen LogP) is -1.65. The standard InChI is InChI=1S/C15H16N2O6/c18-5-9-13(21)14(22)15(23-9)17-4-6-1-2-16-7-3-8(19)12(20)11(17)10(6)7/h3-4,9,13-16,18,21-22H,1-2,5H2. The number of carbonyl (C=O) groups is 2. The zero-order valence-corrected chi connectivity index (χ0v) is 12.1. The van der Waals surface area contributed by atoms with Crippen LogP contribution >= 0.6 is 0 Å². The van der Waals surface area contributed by atoms with Gasteiger partial charge in [0.25, 0.3) is 0 Å². The summed E-state index contributed by atoms with van der Waals surface area (Å²) in [5.74, 6) is -1.31. The number of carbonyl (C=O) groups excluding carboxylic acids is 2. The van der Waals surface area contributed by atoms with Gasteiger partial charge in [-0.1, -0.05) is 0 Å². The number of allylic oxidation sites excluding steroid dienone is 1. The van der Waals surface area contributed by atoms with Gasteiger partial charge in [0.05, 0.1) is 6.61 Å². The van der Waals surface area contributed by atoms with Crippen molar-refractivity contribution in [1.29, 1.82) is 0 Å². The Bertz CT molecular complexity index is 737. The number of aromatic nitrogens is 1. The van der Waals surface area contributed by atoms with Gasteiger partial charge in [-0.25, -0.2) is 0 Å². The lowest BCUT2D eigenvalue weighted by molar-refractivity contribution is -0.111. The molecule has 1 aromatic heterocycles. The first-order valence-corrected chi connectivity index (χ1v) is 7.43. The number of ether oxygens (including phenoxy) is 1. The summed E-state index contributed by atoms with van der Waals surface area (Å²) < 4.78 is 6.91. The molecule has 0 spiro atoms. The Morgan fingerprint density at radius 2 is 2.09 bits per heavy atom. The summed E-state index contributed by atoms with van der Waals surface area (Å²) in [5, 5.41) is 32.4. The Kier molecular flexibility index (Phi) is 3.17. The van der Waals surface area contributed by atoms with Crippen molar-refractivity contribution < 1.29 is 29.6 Å². The number of ketones is 2. The minimum absolute atomic E-state index is 0.157. The van der Waals surface area contributed by atoms with Crippen LogP contribution in [0.15, 0.2) is 12.3 Å². The lowest BCUT2D eigenvalue weighted by atomic mass is 9.93. The van der Waals surface area contributed by atoms with E-state index in [1.54, 1.807) is 6.20 Å². The van der Waals surface area contributed by atoms with E-state index in [1.807, 2.05) is 0 Å². The third-order valence-corrected chi connectivity index (χ3v) is 4.60. The zero-order valence-electron chi connectivity index (χ0n) is 12.1. The lowest BCUT2D eigenvalue weighted by Crippen LogP contribution is -2.34. The third kappa shape index (κ3) is 1.93. The molecule has 23 heavy (non-hydrogen) atoms. The van der Waals surface area contributed by atoms with Crippen molar-refractivity contribution in [2.45, 2.75) is 31.0 Å². The third-order valence-electron chi connectivity index (χ3n) is 4.60. The SMILES string of the molecule is O=C1C=C2NCCc3cn(C4OC(CO)C(O)C4O)c(c32)C1=O. The molecule has 0 saturated carbocycles. The minimum atomic E-state index is -1.30. The van der Waals surface area contributed by atoms with Crippen LogP contribution in [0.25, 0.3) is 5.70 Å². The van der Waals surface area contributed by atoms with Crippen molar-refractivity contribution in [3.8, 4) is 0 Å². The Hall–Kier alpha value is -2.00. The molecular formula is C15H16N2O6.